The molecule has 0 N–H and O–H groups in total. The van der Waals surface area contributed by atoms with E-state index in [1.807, 2.05) is 72.1 Å². The molecule has 0 radical (unpaired) electrons. The summed E-state index contributed by atoms with van der Waals surface area (Å²) in [6.07, 6.45) is 1.83. The molecule has 0 saturated carbocycles. The summed E-state index contributed by atoms with van der Waals surface area (Å²) in [6.45, 7) is 0. The number of thiophene rings is 1. The van der Waals surface area contributed by atoms with Crippen LogP contribution < -0.4 is 0 Å². The Morgan fingerprint density at radius 2 is 1.05 bits per heavy atom. The average molecular weight is 734 g/mol. The second-order valence-electron chi connectivity index (χ2n) is 13.9. The molecule has 0 aliphatic carbocycles. The van der Waals surface area contributed by atoms with Gasteiger partial charge in [0, 0.05) is 65.0 Å². The summed E-state index contributed by atoms with van der Waals surface area (Å²) in [4.78, 5) is 14.9. The van der Waals surface area contributed by atoms with Gasteiger partial charge in [-0.2, -0.15) is 0 Å². The van der Waals surface area contributed by atoms with Crippen LogP contribution in [0.2, 0.25) is 0 Å². The lowest BCUT2D eigenvalue weighted by Gasteiger charge is -2.13. The third-order valence-corrected chi connectivity index (χ3v) is 11.7. The van der Waals surface area contributed by atoms with Crippen molar-refractivity contribution < 1.29 is 4.42 Å². The number of para-hydroxylation sites is 1. The Labute approximate surface area is 327 Å². The Morgan fingerprint density at radius 3 is 1.89 bits per heavy atom. The summed E-state index contributed by atoms with van der Waals surface area (Å²) in [6, 6.07) is 63.5. The van der Waals surface area contributed by atoms with E-state index in [1.54, 1.807) is 0 Å². The molecule has 4 nitrogen and oxygen atoms in total. The molecular formula is C51H31N3OS. The molecule has 0 atom stereocenters. The summed E-state index contributed by atoms with van der Waals surface area (Å²) in [7, 11) is 0. The van der Waals surface area contributed by atoms with Gasteiger partial charge in [0.05, 0.1) is 17.1 Å². The van der Waals surface area contributed by atoms with Crippen LogP contribution in [0.15, 0.2) is 193 Å². The van der Waals surface area contributed by atoms with Gasteiger partial charge >= 0.3 is 0 Å². The highest BCUT2D eigenvalue weighted by molar-refractivity contribution is 7.25. The molecule has 0 saturated heterocycles. The van der Waals surface area contributed by atoms with Gasteiger partial charge in [-0.3, -0.25) is 4.98 Å². The molecule has 4 heterocycles. The fourth-order valence-corrected chi connectivity index (χ4v) is 9.06. The maximum absolute atomic E-state index is 6.70. The number of fused-ring (bicyclic) bond motifs is 6. The van der Waals surface area contributed by atoms with E-state index in [9.17, 15) is 0 Å². The number of hydrogen-bond acceptors (Lipinski definition) is 5. The molecule has 0 amide bonds. The van der Waals surface area contributed by atoms with E-state index in [4.69, 9.17) is 14.4 Å². The van der Waals surface area contributed by atoms with Gasteiger partial charge in [-0.25, -0.2) is 9.97 Å². The molecular weight excluding hydrogens is 703 g/mol. The lowest BCUT2D eigenvalue weighted by molar-refractivity contribution is 0.670. The van der Waals surface area contributed by atoms with Crippen LogP contribution in [0, 0.1) is 0 Å². The van der Waals surface area contributed by atoms with Crippen molar-refractivity contribution >= 4 is 53.4 Å². The van der Waals surface area contributed by atoms with E-state index in [0.29, 0.717) is 5.82 Å². The van der Waals surface area contributed by atoms with Crippen molar-refractivity contribution in [3.8, 4) is 67.4 Å². The molecule has 0 unspecified atom stereocenters. The number of nitrogens with zero attached hydrogens (tertiary/aromatic N) is 3. The Hall–Kier alpha value is -7.21. The van der Waals surface area contributed by atoms with E-state index in [-0.39, 0.29) is 0 Å². The van der Waals surface area contributed by atoms with Crippen molar-refractivity contribution in [3.63, 3.8) is 0 Å². The van der Waals surface area contributed by atoms with Crippen molar-refractivity contribution in [2.24, 2.45) is 0 Å². The fourth-order valence-electron chi connectivity index (χ4n) is 7.91. The van der Waals surface area contributed by atoms with Crippen LogP contribution in [0.5, 0.6) is 0 Å². The molecule has 11 rings (SSSR count). The Balaban J connectivity index is 1.03. The van der Waals surface area contributed by atoms with Gasteiger partial charge < -0.3 is 4.42 Å². The second kappa shape index (κ2) is 13.3. The number of furan rings is 1. The SMILES string of the molecule is c1ccc(-c2nc(-c3ccc(-c4ccc(-c5ccc6c(c5)sc5ccccc56)c5c4oc4ccccc45)cc3)cc(-c3ccccc3-c3ccccn3)n2)cc1. The molecule has 0 aliphatic heterocycles. The van der Waals surface area contributed by atoms with Crippen molar-refractivity contribution in [3.05, 3.63) is 188 Å². The molecule has 56 heavy (non-hydrogen) atoms. The summed E-state index contributed by atoms with van der Waals surface area (Å²) in [5, 5.41) is 4.84. The molecule has 0 spiro atoms. The van der Waals surface area contributed by atoms with Gasteiger partial charge in [0.15, 0.2) is 5.82 Å². The molecule has 0 bridgehead atoms. The van der Waals surface area contributed by atoms with Gasteiger partial charge in [-0.15, -0.1) is 11.3 Å². The van der Waals surface area contributed by atoms with Crippen LogP contribution in [0.25, 0.3) is 110 Å². The summed E-state index contributed by atoms with van der Waals surface area (Å²) < 4.78 is 9.30. The van der Waals surface area contributed by atoms with Crippen LogP contribution in [0.1, 0.15) is 0 Å². The van der Waals surface area contributed by atoms with Crippen LogP contribution in [0.3, 0.4) is 0 Å². The van der Waals surface area contributed by atoms with E-state index < -0.39 is 0 Å². The average Bonchev–Trinajstić information content (AvgIpc) is 3.85. The minimum Gasteiger partial charge on any atom is -0.455 e. The van der Waals surface area contributed by atoms with Gasteiger partial charge in [-0.05, 0) is 59.2 Å². The first-order chi connectivity index (χ1) is 27.7. The molecule has 262 valence electrons. The van der Waals surface area contributed by atoms with Crippen LogP contribution in [0.4, 0.5) is 0 Å². The van der Waals surface area contributed by atoms with E-state index in [0.717, 1.165) is 78.0 Å². The largest absolute Gasteiger partial charge is 0.455 e. The topological polar surface area (TPSA) is 51.8 Å². The standard InChI is InChI=1S/C51H31N3OS/c1-2-12-34(13-3-1)51-53-44(31-45(54-51)39-15-5-4-14-38(39)43-18-10-11-29-52-43)33-23-21-32(22-24-33)37-28-27-36(49-42-17-6-8-19-46(42)55-50(37)49)35-25-26-41-40-16-7-9-20-47(40)56-48(41)30-35/h1-31H. The molecule has 11 aromatic rings. The Bertz CT molecular complexity index is 3240. The smallest absolute Gasteiger partial charge is 0.160 e. The lowest BCUT2D eigenvalue weighted by Crippen LogP contribution is -1.97. The predicted molar refractivity (Wildman–Crippen MR) is 233 cm³/mol. The normalized spacial score (nSPS) is 11.6. The van der Waals surface area contributed by atoms with Gasteiger partial charge in [0.2, 0.25) is 0 Å². The number of benzene rings is 7. The molecule has 0 aliphatic rings. The first kappa shape index (κ1) is 32.2. The molecule has 7 aromatic carbocycles. The van der Waals surface area contributed by atoms with Gasteiger partial charge in [0.25, 0.3) is 0 Å². The zero-order valence-electron chi connectivity index (χ0n) is 30.1. The highest BCUT2D eigenvalue weighted by Crippen LogP contribution is 2.44. The maximum Gasteiger partial charge on any atom is 0.160 e. The molecule has 5 heteroatoms. The lowest BCUT2D eigenvalue weighted by atomic mass is 9.93. The van der Waals surface area contributed by atoms with E-state index >= 15 is 0 Å². The third kappa shape index (κ3) is 5.48. The van der Waals surface area contributed by atoms with E-state index in [2.05, 4.69) is 132 Å². The quantitative estimate of drug-likeness (QED) is 0.171. The van der Waals surface area contributed by atoms with Crippen LogP contribution >= 0.6 is 11.3 Å². The first-order valence-electron chi connectivity index (χ1n) is 18.7. The second-order valence-corrected chi connectivity index (χ2v) is 15.0. The molecule has 0 fully saturated rings. The highest BCUT2D eigenvalue weighted by Gasteiger charge is 2.19. The van der Waals surface area contributed by atoms with Gasteiger partial charge in [-0.1, -0.05) is 140 Å². The van der Waals surface area contributed by atoms with Crippen LogP contribution in [-0.4, -0.2) is 15.0 Å². The number of aromatic nitrogens is 3. The predicted octanol–water partition coefficient (Wildman–Crippen LogP) is 14.1. The number of rotatable bonds is 6. The summed E-state index contributed by atoms with van der Waals surface area (Å²) >= 11 is 1.84. The fraction of sp³-hybridized carbons (Fsp3) is 0. The third-order valence-electron chi connectivity index (χ3n) is 10.6. The zero-order valence-corrected chi connectivity index (χ0v) is 30.9. The number of hydrogen-bond donors (Lipinski definition) is 0. The Kier molecular flexibility index (Phi) is 7.64. The summed E-state index contributed by atoms with van der Waals surface area (Å²) in [5.41, 5.74) is 12.8. The summed E-state index contributed by atoms with van der Waals surface area (Å²) in [5.74, 6) is 0.673. The minimum absolute atomic E-state index is 0.673. The first-order valence-corrected chi connectivity index (χ1v) is 19.5. The van der Waals surface area contributed by atoms with Crippen molar-refractivity contribution in [2.75, 3.05) is 0 Å². The Morgan fingerprint density at radius 1 is 0.393 bits per heavy atom. The van der Waals surface area contributed by atoms with Gasteiger partial charge in [0.1, 0.15) is 11.2 Å². The monoisotopic (exact) mass is 733 g/mol. The van der Waals surface area contributed by atoms with Crippen molar-refractivity contribution in [1.82, 2.24) is 15.0 Å². The maximum atomic E-state index is 6.70. The van der Waals surface area contributed by atoms with Crippen molar-refractivity contribution in [2.45, 2.75) is 0 Å². The minimum atomic E-state index is 0.673. The van der Waals surface area contributed by atoms with Crippen molar-refractivity contribution in [1.29, 1.82) is 0 Å². The molecule has 4 aromatic heterocycles. The zero-order chi connectivity index (χ0) is 37.0. The van der Waals surface area contributed by atoms with Crippen LogP contribution in [-0.2, 0) is 0 Å². The van der Waals surface area contributed by atoms with E-state index in [1.165, 1.54) is 25.7 Å². The number of pyridine rings is 1. The highest BCUT2D eigenvalue weighted by atomic mass is 32.1.